The number of likely N-dealkylation sites (N-methyl/N-ethyl adjacent to an activating group) is 1. The maximum atomic E-state index is 12.8. The Morgan fingerprint density at radius 3 is 1.84 bits per heavy atom. The standard InChI is InChI=1S/C50H82NO10P/c1-8-10-26-32-45-42(3)43(4)46(60-45)33-28-22-20-21-25-31-37-50(53)59-44(41-58-62(54,55)57-39-38-51(5,6)7)40-56-49(52)36-30-24-19-17-15-13-12-14-16-18-23-29-35-48-47(61-48)34-27-11-9-2/h11,13-16,19,23-24,27,29,44,47-48H,8-10,12,17-18,20-22,25-26,28,30-41H2,1-7H3/b15-13-,16-14-,24-19-,27-11-,29-23-/t44-,47?,48?/m1/s1. The highest BCUT2D eigenvalue weighted by Crippen LogP contribution is 2.38. The van der Waals surface area contributed by atoms with Crippen molar-refractivity contribution in [3.05, 3.63) is 83.4 Å². The van der Waals surface area contributed by atoms with E-state index in [0.29, 0.717) is 36.1 Å². The molecule has 11 nitrogen and oxygen atoms in total. The summed E-state index contributed by atoms with van der Waals surface area (Å²) in [6.45, 7) is 8.24. The van der Waals surface area contributed by atoms with Gasteiger partial charge in [0.1, 0.15) is 31.3 Å². The molecule has 0 amide bonds. The number of phosphoric acid groups is 1. The highest BCUT2D eigenvalue weighted by molar-refractivity contribution is 7.45. The van der Waals surface area contributed by atoms with Crippen LogP contribution in [0.3, 0.4) is 0 Å². The molecule has 0 spiro atoms. The van der Waals surface area contributed by atoms with E-state index in [9.17, 15) is 19.0 Å². The van der Waals surface area contributed by atoms with Crippen LogP contribution in [0.2, 0.25) is 0 Å². The summed E-state index contributed by atoms with van der Waals surface area (Å²) in [7, 11) is 1.08. The molecule has 62 heavy (non-hydrogen) atoms. The Balaban J connectivity index is 1.66. The third-order valence-electron chi connectivity index (χ3n) is 10.7. The zero-order chi connectivity index (χ0) is 45.5. The molecule has 1 aliphatic rings. The predicted molar refractivity (Wildman–Crippen MR) is 248 cm³/mol. The van der Waals surface area contributed by atoms with E-state index in [-0.39, 0.29) is 26.1 Å². The lowest BCUT2D eigenvalue weighted by Crippen LogP contribution is -2.37. The molecule has 0 radical (unpaired) electrons. The van der Waals surface area contributed by atoms with Gasteiger partial charge in [0.2, 0.25) is 0 Å². The van der Waals surface area contributed by atoms with Crippen LogP contribution in [-0.4, -0.2) is 82.2 Å². The van der Waals surface area contributed by atoms with Gasteiger partial charge >= 0.3 is 11.9 Å². The van der Waals surface area contributed by atoms with Gasteiger partial charge in [0.15, 0.2) is 6.10 Å². The van der Waals surface area contributed by atoms with Crippen LogP contribution in [0.1, 0.15) is 152 Å². The van der Waals surface area contributed by atoms with Crippen molar-refractivity contribution in [3.8, 4) is 0 Å². The summed E-state index contributed by atoms with van der Waals surface area (Å²) in [6, 6.07) is 0. The molecule has 1 aliphatic heterocycles. The molecule has 12 heteroatoms. The quantitative estimate of drug-likeness (QED) is 0.0159. The second kappa shape index (κ2) is 32.6. The Morgan fingerprint density at radius 1 is 0.694 bits per heavy atom. The minimum absolute atomic E-state index is 0.0560. The fourth-order valence-electron chi connectivity index (χ4n) is 6.61. The number of quaternary nitrogens is 1. The van der Waals surface area contributed by atoms with Crippen LogP contribution in [0.5, 0.6) is 0 Å². The lowest BCUT2D eigenvalue weighted by atomic mass is 10.0. The smallest absolute Gasteiger partial charge is 0.306 e. The fraction of sp³-hybridized carbons (Fsp3) is 0.680. The van der Waals surface area contributed by atoms with Gasteiger partial charge in [-0.25, -0.2) is 0 Å². The molecule has 1 aromatic heterocycles. The predicted octanol–water partition coefficient (Wildman–Crippen LogP) is 11.3. The van der Waals surface area contributed by atoms with E-state index in [1.807, 2.05) is 33.3 Å². The van der Waals surface area contributed by atoms with Gasteiger partial charge in [0.25, 0.3) is 7.82 Å². The van der Waals surface area contributed by atoms with Crippen molar-refractivity contribution >= 4 is 19.8 Å². The van der Waals surface area contributed by atoms with E-state index >= 15 is 0 Å². The molecule has 1 fully saturated rings. The van der Waals surface area contributed by atoms with Crippen LogP contribution >= 0.6 is 7.82 Å². The molecule has 352 valence electrons. The number of carbonyl (C=O) groups is 2. The minimum atomic E-state index is -4.67. The average molecular weight is 888 g/mol. The molecule has 1 aromatic rings. The molecular weight excluding hydrogens is 806 g/mol. The number of rotatable bonds is 37. The van der Waals surface area contributed by atoms with Crippen LogP contribution in [-0.2, 0) is 50.3 Å². The normalized spacial score (nSPS) is 17.3. The van der Waals surface area contributed by atoms with Gasteiger partial charge in [-0.1, -0.05) is 113 Å². The van der Waals surface area contributed by atoms with E-state index in [4.69, 9.17) is 27.7 Å². The van der Waals surface area contributed by atoms with Gasteiger partial charge in [-0.05, 0) is 89.2 Å². The highest BCUT2D eigenvalue weighted by atomic mass is 31.2. The number of hydrogen-bond donors (Lipinski definition) is 0. The Kier molecular flexibility index (Phi) is 28.9. The Hall–Kier alpha value is -3.05. The number of unbranched alkanes of at least 4 members (excludes halogenated alkanes) is 7. The fourth-order valence-corrected chi connectivity index (χ4v) is 7.33. The second-order valence-electron chi connectivity index (χ2n) is 17.4. The first-order chi connectivity index (χ1) is 29.7. The van der Waals surface area contributed by atoms with Crippen molar-refractivity contribution in [2.75, 3.05) is 47.5 Å². The number of ether oxygens (including phenoxy) is 3. The van der Waals surface area contributed by atoms with E-state index in [1.165, 1.54) is 30.4 Å². The molecule has 4 atom stereocenters. The first-order valence-corrected chi connectivity index (χ1v) is 24.9. The molecule has 1 saturated heterocycles. The highest BCUT2D eigenvalue weighted by Gasteiger charge is 2.36. The zero-order valence-corrected chi connectivity index (χ0v) is 40.3. The summed E-state index contributed by atoms with van der Waals surface area (Å²) in [5.74, 6) is 1.28. The van der Waals surface area contributed by atoms with E-state index in [2.05, 4.69) is 76.3 Å². The third kappa shape index (κ3) is 27.9. The monoisotopic (exact) mass is 888 g/mol. The average Bonchev–Trinajstić information content (AvgIpc) is 3.92. The molecule has 0 aliphatic carbocycles. The molecule has 3 unspecified atom stereocenters. The molecule has 2 rings (SSSR count). The Labute approximate surface area is 375 Å². The largest absolute Gasteiger partial charge is 0.756 e. The van der Waals surface area contributed by atoms with Gasteiger partial charge in [0, 0.05) is 25.7 Å². The van der Waals surface area contributed by atoms with Gasteiger partial charge in [0.05, 0.1) is 40.0 Å². The van der Waals surface area contributed by atoms with Crippen molar-refractivity contribution in [1.29, 1.82) is 0 Å². The SMILES string of the molecule is CC/C=C\CC1OC1C/C=C\C/C=C\C/C=C\C/C=C\CCC(=O)OC[C@H](COP(=O)([O-])OCC[N+](C)(C)C)OC(=O)CCCCCCCCc1oc(CCCCC)c(C)c1C. The number of furan rings is 1. The zero-order valence-electron chi connectivity index (χ0n) is 39.5. The maximum Gasteiger partial charge on any atom is 0.306 e. The summed E-state index contributed by atoms with van der Waals surface area (Å²) in [5, 5.41) is 0. The van der Waals surface area contributed by atoms with Gasteiger partial charge in [-0.3, -0.25) is 14.2 Å². The maximum absolute atomic E-state index is 12.8. The summed E-state index contributed by atoms with van der Waals surface area (Å²) < 4.78 is 45.8. The number of allylic oxidation sites excluding steroid dienone is 8. The molecule has 0 saturated carbocycles. The lowest BCUT2D eigenvalue weighted by molar-refractivity contribution is -0.870. The van der Waals surface area contributed by atoms with Crippen LogP contribution in [0.15, 0.2) is 65.2 Å². The molecule has 2 heterocycles. The molecule has 0 N–H and O–H groups in total. The number of nitrogens with zero attached hydrogens (tertiary/aromatic N) is 1. The van der Waals surface area contributed by atoms with Crippen molar-refractivity contribution < 1.29 is 51.2 Å². The van der Waals surface area contributed by atoms with E-state index in [0.717, 1.165) is 95.0 Å². The van der Waals surface area contributed by atoms with E-state index < -0.39 is 32.5 Å². The molecule has 0 aromatic carbocycles. The number of carbonyl (C=O) groups excluding carboxylic acids is 2. The number of esters is 2. The topological polar surface area (TPSA) is 137 Å². The van der Waals surface area contributed by atoms with Crippen LogP contribution in [0.25, 0.3) is 0 Å². The minimum Gasteiger partial charge on any atom is -0.756 e. The molecular formula is C50H82NO10P. The van der Waals surface area contributed by atoms with Crippen molar-refractivity contribution in [1.82, 2.24) is 0 Å². The summed E-state index contributed by atoms with van der Waals surface area (Å²) in [5.41, 5.74) is 2.58. The van der Waals surface area contributed by atoms with Crippen LogP contribution in [0.4, 0.5) is 0 Å². The summed E-state index contributed by atoms with van der Waals surface area (Å²) >= 11 is 0. The first-order valence-electron chi connectivity index (χ1n) is 23.5. The van der Waals surface area contributed by atoms with Crippen LogP contribution < -0.4 is 4.89 Å². The Bertz CT molecular complexity index is 1590. The first kappa shape index (κ1) is 55.1. The van der Waals surface area contributed by atoms with Crippen molar-refractivity contribution in [2.45, 2.75) is 174 Å². The summed E-state index contributed by atoms with van der Waals surface area (Å²) in [4.78, 5) is 37.7. The number of phosphoric ester groups is 1. The van der Waals surface area contributed by atoms with Gasteiger partial charge < -0.3 is 37.1 Å². The lowest BCUT2D eigenvalue weighted by Gasteiger charge is -2.28. The number of aryl methyl sites for hydroxylation is 2. The number of epoxide rings is 1. The second-order valence-corrected chi connectivity index (χ2v) is 18.8. The molecule has 0 bridgehead atoms. The Morgan fingerprint density at radius 2 is 1.24 bits per heavy atom. The van der Waals surface area contributed by atoms with Crippen LogP contribution in [0, 0.1) is 13.8 Å². The van der Waals surface area contributed by atoms with Gasteiger partial charge in [-0.2, -0.15) is 0 Å². The van der Waals surface area contributed by atoms with Crippen molar-refractivity contribution in [3.63, 3.8) is 0 Å². The van der Waals surface area contributed by atoms with Gasteiger partial charge in [-0.15, -0.1) is 0 Å². The summed E-state index contributed by atoms with van der Waals surface area (Å²) in [6.07, 6.45) is 38.5. The van der Waals surface area contributed by atoms with Crippen molar-refractivity contribution in [2.24, 2.45) is 0 Å². The number of hydrogen-bond acceptors (Lipinski definition) is 10. The third-order valence-corrected chi connectivity index (χ3v) is 11.6. The van der Waals surface area contributed by atoms with E-state index in [1.54, 1.807) is 0 Å².